The molecule has 5 nitrogen and oxygen atoms in total. The van der Waals surface area contributed by atoms with E-state index in [0.29, 0.717) is 30.3 Å². The van der Waals surface area contributed by atoms with Crippen molar-refractivity contribution in [1.82, 2.24) is 4.90 Å². The third kappa shape index (κ3) is 2.55. The summed E-state index contributed by atoms with van der Waals surface area (Å²) in [6.45, 7) is 2.19. The number of rotatable bonds is 3. The van der Waals surface area contributed by atoms with Gasteiger partial charge in [-0.25, -0.2) is 0 Å². The van der Waals surface area contributed by atoms with E-state index in [0.717, 1.165) is 25.9 Å². The van der Waals surface area contributed by atoms with Gasteiger partial charge in [0.15, 0.2) is 0 Å². The topological polar surface area (TPSA) is 64.4 Å². The first-order chi connectivity index (χ1) is 10.2. The van der Waals surface area contributed by atoms with Crippen LogP contribution < -0.4 is 4.90 Å². The Balaban J connectivity index is 1.68. The summed E-state index contributed by atoms with van der Waals surface area (Å²) in [5.41, 5.74) is 1.22. The van der Waals surface area contributed by atoms with E-state index in [1.165, 1.54) is 0 Å². The van der Waals surface area contributed by atoms with Crippen molar-refractivity contribution in [3.05, 3.63) is 29.8 Å². The molecule has 1 saturated heterocycles. The lowest BCUT2D eigenvalue weighted by atomic mass is 9.94. The van der Waals surface area contributed by atoms with E-state index in [-0.39, 0.29) is 0 Å². The quantitative estimate of drug-likeness (QED) is 0.793. The summed E-state index contributed by atoms with van der Waals surface area (Å²) < 4.78 is 0. The average Bonchev–Trinajstić information content (AvgIpc) is 2.75. The van der Waals surface area contributed by atoms with Crippen LogP contribution in [0.1, 0.15) is 29.6 Å². The normalized spacial score (nSPS) is 19.7. The van der Waals surface area contributed by atoms with Crippen LogP contribution in [0, 0.1) is 17.2 Å². The van der Waals surface area contributed by atoms with Gasteiger partial charge in [-0.2, -0.15) is 5.26 Å². The number of hydrogen-bond donors (Lipinski definition) is 0. The van der Waals surface area contributed by atoms with Crippen molar-refractivity contribution in [2.45, 2.75) is 19.3 Å². The second-order valence-corrected chi connectivity index (χ2v) is 5.64. The fraction of sp³-hybridized carbons (Fsp3) is 0.438. The van der Waals surface area contributed by atoms with Crippen LogP contribution in [-0.2, 0) is 4.79 Å². The zero-order chi connectivity index (χ0) is 14.8. The number of para-hydroxylation sites is 1. The van der Waals surface area contributed by atoms with Gasteiger partial charge in [-0.1, -0.05) is 12.1 Å². The Morgan fingerprint density at radius 2 is 1.90 bits per heavy atom. The molecule has 0 radical (unpaired) electrons. The Morgan fingerprint density at radius 1 is 1.19 bits per heavy atom. The molecule has 0 aromatic heterocycles. The second kappa shape index (κ2) is 5.66. The highest BCUT2D eigenvalue weighted by Crippen LogP contribution is 2.29. The van der Waals surface area contributed by atoms with Gasteiger partial charge in [0.05, 0.1) is 24.0 Å². The summed E-state index contributed by atoms with van der Waals surface area (Å²) in [5, 5.41) is 8.73. The lowest BCUT2D eigenvalue weighted by Crippen LogP contribution is -2.44. The number of piperidine rings is 1. The van der Waals surface area contributed by atoms with Gasteiger partial charge in [-0.15, -0.1) is 0 Å². The van der Waals surface area contributed by atoms with Crippen LogP contribution in [-0.4, -0.2) is 36.3 Å². The van der Waals surface area contributed by atoms with E-state index in [4.69, 9.17) is 5.26 Å². The van der Waals surface area contributed by atoms with E-state index >= 15 is 0 Å². The number of nitrogens with zero attached hydrogens (tertiary/aromatic N) is 3. The number of ketones is 1. The molecular formula is C16H17N3O2. The molecule has 0 unspecified atom stereocenters. The number of carbonyl (C=O) groups is 2. The largest absolute Gasteiger partial charge is 0.300 e. The minimum Gasteiger partial charge on any atom is -0.291 e. The van der Waals surface area contributed by atoms with Gasteiger partial charge in [-0.3, -0.25) is 19.4 Å². The monoisotopic (exact) mass is 283 g/mol. The fourth-order valence-corrected chi connectivity index (χ4v) is 3.05. The molecule has 1 amide bonds. The van der Waals surface area contributed by atoms with E-state index in [1.54, 1.807) is 17.0 Å². The molecule has 0 atom stereocenters. The van der Waals surface area contributed by atoms with E-state index in [1.807, 2.05) is 12.1 Å². The van der Waals surface area contributed by atoms with Crippen LogP contribution >= 0.6 is 0 Å². The maximum atomic E-state index is 12.1. The van der Waals surface area contributed by atoms with Crippen molar-refractivity contribution >= 4 is 17.4 Å². The molecule has 0 bridgehead atoms. The van der Waals surface area contributed by atoms with Crippen molar-refractivity contribution in [1.29, 1.82) is 5.26 Å². The van der Waals surface area contributed by atoms with Crippen molar-refractivity contribution in [2.24, 2.45) is 5.92 Å². The third-order valence-corrected chi connectivity index (χ3v) is 4.31. The molecular weight excluding hydrogens is 266 g/mol. The number of amides is 1. The predicted molar refractivity (Wildman–Crippen MR) is 77.7 cm³/mol. The summed E-state index contributed by atoms with van der Waals surface area (Å²) in [6, 6.07) is 9.37. The van der Waals surface area contributed by atoms with Gasteiger partial charge < -0.3 is 0 Å². The van der Waals surface area contributed by atoms with Crippen LogP contribution in [0.4, 0.5) is 5.69 Å². The van der Waals surface area contributed by atoms with E-state index in [9.17, 15) is 9.59 Å². The molecule has 2 heterocycles. The average molecular weight is 283 g/mol. The highest BCUT2D eigenvalue weighted by atomic mass is 16.2. The van der Waals surface area contributed by atoms with Crippen molar-refractivity contribution in [3.63, 3.8) is 0 Å². The summed E-state index contributed by atoms with van der Waals surface area (Å²) in [4.78, 5) is 27.8. The smallest absolute Gasteiger partial charge is 0.291 e. The molecule has 0 spiro atoms. The van der Waals surface area contributed by atoms with Gasteiger partial charge in [0.2, 0.25) is 0 Å². The lowest BCUT2D eigenvalue weighted by Gasteiger charge is -2.33. The summed E-state index contributed by atoms with van der Waals surface area (Å²) >= 11 is 0. The molecule has 0 aliphatic carbocycles. The molecule has 108 valence electrons. The second-order valence-electron chi connectivity index (χ2n) is 5.64. The number of fused-ring (bicyclic) bond motifs is 1. The van der Waals surface area contributed by atoms with Gasteiger partial charge in [0, 0.05) is 19.5 Å². The zero-order valence-electron chi connectivity index (χ0n) is 11.8. The number of carbonyl (C=O) groups excluding carboxylic acids is 2. The molecule has 0 saturated carbocycles. The number of benzene rings is 1. The first kappa shape index (κ1) is 13.8. The Morgan fingerprint density at radius 3 is 2.62 bits per heavy atom. The molecule has 2 aliphatic rings. The van der Waals surface area contributed by atoms with Crippen LogP contribution in [0.2, 0.25) is 0 Å². The van der Waals surface area contributed by atoms with Gasteiger partial charge in [0.1, 0.15) is 0 Å². The van der Waals surface area contributed by atoms with E-state index in [2.05, 4.69) is 11.0 Å². The number of hydrogen-bond acceptors (Lipinski definition) is 4. The molecule has 1 aromatic carbocycles. The van der Waals surface area contributed by atoms with Crippen molar-refractivity contribution < 1.29 is 9.59 Å². The molecule has 5 heteroatoms. The first-order valence-electron chi connectivity index (χ1n) is 7.25. The number of Topliss-reactive ketones (excluding diaryl/α,β-unsaturated/α-hetero) is 1. The highest BCUT2D eigenvalue weighted by Gasteiger charge is 2.36. The first-order valence-corrected chi connectivity index (χ1v) is 7.25. The summed E-state index contributed by atoms with van der Waals surface area (Å²) in [6.07, 6.45) is 2.56. The predicted octanol–water partition coefficient (Wildman–Crippen LogP) is 1.80. The van der Waals surface area contributed by atoms with Crippen LogP contribution in [0.25, 0.3) is 0 Å². The van der Waals surface area contributed by atoms with Gasteiger partial charge >= 0.3 is 5.91 Å². The summed E-state index contributed by atoms with van der Waals surface area (Å²) in [5.74, 6) is -0.380. The number of anilines is 1. The summed E-state index contributed by atoms with van der Waals surface area (Å²) in [7, 11) is 0. The van der Waals surface area contributed by atoms with Crippen molar-refractivity contribution in [3.8, 4) is 6.07 Å². The minimum atomic E-state index is -0.435. The Kier molecular flexibility index (Phi) is 3.72. The molecule has 2 aliphatic heterocycles. The highest BCUT2D eigenvalue weighted by molar-refractivity contribution is 6.52. The van der Waals surface area contributed by atoms with Gasteiger partial charge in [-0.05, 0) is 30.9 Å². The minimum absolute atomic E-state index is 0.412. The Labute approximate surface area is 123 Å². The Hall–Kier alpha value is -2.19. The van der Waals surface area contributed by atoms with Crippen LogP contribution in [0.5, 0.6) is 0 Å². The fourth-order valence-electron chi connectivity index (χ4n) is 3.05. The standard InChI is InChI=1S/C16H17N3O2/c17-8-5-12-6-9-18(10-7-12)11-19-14-4-2-1-3-13(14)15(20)16(19)21/h1-4,12H,5-7,9-11H2. The lowest BCUT2D eigenvalue weighted by molar-refractivity contribution is -0.114. The number of likely N-dealkylation sites (tertiary alicyclic amines) is 1. The third-order valence-electron chi connectivity index (χ3n) is 4.31. The Bertz CT molecular complexity index is 612. The van der Waals surface area contributed by atoms with Crippen LogP contribution in [0.15, 0.2) is 24.3 Å². The zero-order valence-corrected chi connectivity index (χ0v) is 11.8. The molecule has 21 heavy (non-hydrogen) atoms. The number of nitriles is 1. The molecule has 3 rings (SSSR count). The molecule has 0 N–H and O–H groups in total. The molecule has 1 fully saturated rings. The van der Waals surface area contributed by atoms with Gasteiger partial charge in [0.25, 0.3) is 5.78 Å². The maximum absolute atomic E-state index is 12.1. The van der Waals surface area contributed by atoms with Crippen LogP contribution in [0.3, 0.4) is 0 Å². The SMILES string of the molecule is N#CCC1CCN(CN2C(=O)C(=O)c3ccccc32)CC1. The van der Waals surface area contributed by atoms with Crippen molar-refractivity contribution in [2.75, 3.05) is 24.7 Å². The van der Waals surface area contributed by atoms with E-state index < -0.39 is 11.7 Å². The maximum Gasteiger partial charge on any atom is 0.300 e. The molecule has 1 aromatic rings.